The van der Waals surface area contributed by atoms with Gasteiger partial charge in [-0.05, 0) is 25.2 Å². The van der Waals surface area contributed by atoms with Crippen molar-refractivity contribution >= 4 is 6.03 Å². The molecule has 1 heterocycles. The number of nitrogens with two attached hydrogens (primary N) is 1. The summed E-state index contributed by atoms with van der Waals surface area (Å²) in [5.74, 6) is 0.524. The maximum absolute atomic E-state index is 11.8. The van der Waals surface area contributed by atoms with E-state index in [1.54, 1.807) is 0 Å². The molecule has 3 N–H and O–H groups in total. The van der Waals surface area contributed by atoms with E-state index in [4.69, 9.17) is 5.73 Å². The Kier molecular flexibility index (Phi) is 4.88. The maximum atomic E-state index is 11.8. The molecule has 2 amide bonds. The van der Waals surface area contributed by atoms with Crippen molar-refractivity contribution < 1.29 is 4.79 Å². The third-order valence-electron chi connectivity index (χ3n) is 3.14. The Bertz CT molecular complexity index is 208. The third-order valence-corrected chi connectivity index (χ3v) is 3.14. The molecular formula is C11H23N3O. The van der Waals surface area contributed by atoms with E-state index in [2.05, 4.69) is 19.2 Å². The Hall–Kier alpha value is -0.770. The van der Waals surface area contributed by atoms with Gasteiger partial charge in [0.2, 0.25) is 0 Å². The fourth-order valence-corrected chi connectivity index (χ4v) is 2.19. The van der Waals surface area contributed by atoms with E-state index in [0.717, 1.165) is 25.9 Å². The van der Waals surface area contributed by atoms with E-state index >= 15 is 0 Å². The molecule has 0 bridgehead atoms. The average Bonchev–Trinajstić information content (AvgIpc) is 2.25. The molecule has 15 heavy (non-hydrogen) atoms. The number of rotatable bonds is 3. The molecule has 4 heteroatoms. The lowest BCUT2D eigenvalue weighted by atomic mass is 9.91. The smallest absolute Gasteiger partial charge is 0.317 e. The van der Waals surface area contributed by atoms with E-state index in [0.29, 0.717) is 12.5 Å². The van der Waals surface area contributed by atoms with Crippen LogP contribution in [0.15, 0.2) is 0 Å². The average molecular weight is 213 g/mol. The largest absolute Gasteiger partial charge is 0.338 e. The second-order valence-electron chi connectivity index (χ2n) is 4.35. The molecule has 0 saturated carbocycles. The van der Waals surface area contributed by atoms with Gasteiger partial charge < -0.3 is 16.0 Å². The van der Waals surface area contributed by atoms with E-state index in [-0.39, 0.29) is 12.1 Å². The summed E-state index contributed by atoms with van der Waals surface area (Å²) >= 11 is 0. The molecule has 2 atom stereocenters. The van der Waals surface area contributed by atoms with Crippen molar-refractivity contribution in [3.63, 3.8) is 0 Å². The predicted molar refractivity (Wildman–Crippen MR) is 61.6 cm³/mol. The second-order valence-corrected chi connectivity index (χ2v) is 4.35. The fourth-order valence-electron chi connectivity index (χ4n) is 2.19. The first kappa shape index (κ1) is 12.3. The van der Waals surface area contributed by atoms with Crippen molar-refractivity contribution in [1.82, 2.24) is 10.2 Å². The summed E-state index contributed by atoms with van der Waals surface area (Å²) in [5.41, 5.74) is 5.73. The number of nitrogens with one attached hydrogen (secondary N) is 1. The lowest BCUT2D eigenvalue weighted by Gasteiger charge is -2.39. The molecule has 0 aliphatic carbocycles. The number of hydrogen-bond donors (Lipinski definition) is 2. The zero-order valence-electron chi connectivity index (χ0n) is 9.83. The normalized spacial score (nSPS) is 26.5. The number of likely N-dealkylation sites (tertiary alicyclic amines) is 1. The van der Waals surface area contributed by atoms with E-state index in [9.17, 15) is 4.79 Å². The molecule has 1 rings (SSSR count). The fraction of sp³-hybridized carbons (Fsp3) is 0.909. The minimum atomic E-state index is 0.0545. The molecule has 4 nitrogen and oxygen atoms in total. The molecular weight excluding hydrogens is 190 g/mol. The van der Waals surface area contributed by atoms with Crippen molar-refractivity contribution in [1.29, 1.82) is 0 Å². The molecule has 1 saturated heterocycles. The maximum Gasteiger partial charge on any atom is 0.317 e. The molecule has 2 unspecified atom stereocenters. The van der Waals surface area contributed by atoms with E-state index in [1.807, 2.05) is 4.90 Å². The minimum absolute atomic E-state index is 0.0545. The Morgan fingerprint density at radius 2 is 2.33 bits per heavy atom. The van der Waals surface area contributed by atoms with Crippen molar-refractivity contribution in [2.24, 2.45) is 11.7 Å². The monoisotopic (exact) mass is 213 g/mol. The molecule has 88 valence electrons. The number of nitrogens with zero attached hydrogens (tertiary/aromatic N) is 1. The first-order chi connectivity index (χ1) is 7.20. The van der Waals surface area contributed by atoms with Crippen LogP contribution in [0.5, 0.6) is 0 Å². The first-order valence-corrected chi connectivity index (χ1v) is 5.95. The summed E-state index contributed by atoms with van der Waals surface area (Å²) in [5, 5.41) is 2.92. The lowest BCUT2D eigenvalue weighted by Crippen LogP contribution is -2.54. The highest BCUT2D eigenvalue weighted by Gasteiger charge is 2.30. The van der Waals surface area contributed by atoms with Crippen molar-refractivity contribution in [2.75, 3.05) is 19.6 Å². The van der Waals surface area contributed by atoms with Crippen molar-refractivity contribution in [2.45, 2.75) is 39.2 Å². The summed E-state index contributed by atoms with van der Waals surface area (Å²) in [6.45, 7) is 6.40. The zero-order valence-corrected chi connectivity index (χ0v) is 9.83. The predicted octanol–water partition coefficient (Wildman–Crippen LogP) is 1.17. The van der Waals surface area contributed by atoms with Gasteiger partial charge in [-0.2, -0.15) is 0 Å². The first-order valence-electron chi connectivity index (χ1n) is 5.95. The highest BCUT2D eigenvalue weighted by atomic mass is 16.2. The van der Waals surface area contributed by atoms with E-state index < -0.39 is 0 Å². The summed E-state index contributed by atoms with van der Waals surface area (Å²) < 4.78 is 0. The van der Waals surface area contributed by atoms with Crippen LogP contribution in [0, 0.1) is 5.92 Å². The number of piperidine rings is 1. The molecule has 1 aliphatic heterocycles. The molecule has 1 fully saturated rings. The zero-order chi connectivity index (χ0) is 11.3. The van der Waals surface area contributed by atoms with Crippen LogP contribution in [-0.4, -0.2) is 36.6 Å². The molecule has 0 aromatic heterocycles. The highest BCUT2D eigenvalue weighted by molar-refractivity contribution is 5.74. The Labute approximate surface area is 92.2 Å². The van der Waals surface area contributed by atoms with Crippen LogP contribution in [0.3, 0.4) is 0 Å². The molecule has 0 aromatic rings. The van der Waals surface area contributed by atoms with Crippen LogP contribution >= 0.6 is 0 Å². The number of amides is 2. The van der Waals surface area contributed by atoms with Crippen LogP contribution in [-0.2, 0) is 0 Å². The standard InChI is InChI=1S/C11H23N3O/c1-3-6-13-11(15)14-7-4-5-9(2)10(14)8-12/h9-10H,3-8,12H2,1-2H3,(H,13,15). The third kappa shape index (κ3) is 3.09. The van der Waals surface area contributed by atoms with Gasteiger partial charge in [-0.25, -0.2) is 4.79 Å². The summed E-state index contributed by atoms with van der Waals surface area (Å²) in [4.78, 5) is 13.7. The van der Waals surface area contributed by atoms with Crippen molar-refractivity contribution in [3.8, 4) is 0 Å². The quantitative estimate of drug-likeness (QED) is 0.739. The number of hydrogen-bond acceptors (Lipinski definition) is 2. The van der Waals surface area contributed by atoms with Gasteiger partial charge >= 0.3 is 6.03 Å². The van der Waals surface area contributed by atoms with Crippen LogP contribution in [0.4, 0.5) is 4.79 Å². The Morgan fingerprint density at radius 1 is 1.60 bits per heavy atom. The molecule has 1 aliphatic rings. The van der Waals surface area contributed by atoms with Gasteiger partial charge in [-0.1, -0.05) is 13.8 Å². The van der Waals surface area contributed by atoms with Crippen LogP contribution in [0.25, 0.3) is 0 Å². The summed E-state index contributed by atoms with van der Waals surface area (Å²) in [7, 11) is 0. The van der Waals surface area contributed by atoms with Gasteiger partial charge in [0.25, 0.3) is 0 Å². The Morgan fingerprint density at radius 3 is 2.93 bits per heavy atom. The Balaban J connectivity index is 2.53. The number of urea groups is 1. The highest BCUT2D eigenvalue weighted by Crippen LogP contribution is 2.22. The molecule has 0 aromatic carbocycles. The molecule has 0 spiro atoms. The van der Waals surface area contributed by atoms with Gasteiger partial charge in [0.05, 0.1) is 0 Å². The van der Waals surface area contributed by atoms with Crippen LogP contribution < -0.4 is 11.1 Å². The van der Waals surface area contributed by atoms with Crippen LogP contribution in [0.1, 0.15) is 33.1 Å². The van der Waals surface area contributed by atoms with Gasteiger partial charge in [0, 0.05) is 25.7 Å². The lowest BCUT2D eigenvalue weighted by molar-refractivity contribution is 0.123. The number of carbonyl (C=O) groups is 1. The summed E-state index contributed by atoms with van der Waals surface area (Å²) in [6.07, 6.45) is 3.25. The van der Waals surface area contributed by atoms with Gasteiger partial charge in [-0.3, -0.25) is 0 Å². The summed E-state index contributed by atoms with van der Waals surface area (Å²) in [6, 6.07) is 0.273. The number of carbonyl (C=O) groups excluding carboxylic acids is 1. The van der Waals surface area contributed by atoms with Gasteiger partial charge in [0.1, 0.15) is 0 Å². The van der Waals surface area contributed by atoms with Gasteiger partial charge in [-0.15, -0.1) is 0 Å². The molecule has 0 radical (unpaired) electrons. The second kappa shape index (κ2) is 5.95. The van der Waals surface area contributed by atoms with Gasteiger partial charge in [0.15, 0.2) is 0 Å². The SMILES string of the molecule is CCCNC(=O)N1CCCC(C)C1CN. The van der Waals surface area contributed by atoms with Crippen molar-refractivity contribution in [3.05, 3.63) is 0 Å². The minimum Gasteiger partial charge on any atom is -0.338 e. The van der Waals surface area contributed by atoms with E-state index in [1.165, 1.54) is 6.42 Å². The van der Waals surface area contributed by atoms with Crippen LogP contribution in [0.2, 0.25) is 0 Å². The topological polar surface area (TPSA) is 58.4 Å².